The second-order valence-corrected chi connectivity index (χ2v) is 32.2. The average Bonchev–Trinajstić information content (AvgIpc) is 1.04. The first-order valence-electron chi connectivity index (χ1n) is 41.6. The fourth-order valence-corrected chi connectivity index (χ4v) is 14.0. The minimum Gasteiger partial charge on any atom is -0.462 e. The fourth-order valence-electron chi connectivity index (χ4n) is 12.4. The van der Waals surface area contributed by atoms with Crippen LogP contribution in [0.15, 0.2) is 0 Å². The molecule has 0 amide bonds. The monoisotopic (exact) mass is 1450 g/mol. The first-order chi connectivity index (χ1) is 48.0. The van der Waals surface area contributed by atoms with Gasteiger partial charge in [-0.1, -0.05) is 375 Å². The summed E-state index contributed by atoms with van der Waals surface area (Å²) >= 11 is 0. The molecule has 5 atom stereocenters. The van der Waals surface area contributed by atoms with Crippen LogP contribution >= 0.6 is 15.6 Å². The minimum absolute atomic E-state index is 0.108. The zero-order valence-electron chi connectivity index (χ0n) is 64.6. The van der Waals surface area contributed by atoms with Gasteiger partial charge in [0.25, 0.3) is 0 Å². The highest BCUT2D eigenvalue weighted by molar-refractivity contribution is 7.47. The molecule has 17 nitrogen and oxygen atoms in total. The Morgan fingerprint density at radius 3 is 0.687 bits per heavy atom. The molecule has 0 aromatic carbocycles. The van der Waals surface area contributed by atoms with Crippen LogP contribution in [0.3, 0.4) is 0 Å². The summed E-state index contributed by atoms with van der Waals surface area (Å²) in [5, 5.41) is 10.6. The van der Waals surface area contributed by atoms with E-state index in [0.717, 1.165) is 95.8 Å². The summed E-state index contributed by atoms with van der Waals surface area (Å²) in [5.41, 5.74) is 0. The van der Waals surface area contributed by atoms with Gasteiger partial charge in [-0.3, -0.25) is 37.3 Å². The Morgan fingerprint density at radius 1 is 0.273 bits per heavy atom. The highest BCUT2D eigenvalue weighted by Gasteiger charge is 2.30. The lowest BCUT2D eigenvalue weighted by Crippen LogP contribution is -2.30. The molecular formula is C80H156O17P2. The molecule has 0 bridgehead atoms. The number of hydrogen-bond acceptors (Lipinski definition) is 15. The molecule has 19 heteroatoms. The van der Waals surface area contributed by atoms with Crippen LogP contribution < -0.4 is 0 Å². The number of aliphatic hydroxyl groups is 1. The topological polar surface area (TPSA) is 237 Å². The first-order valence-corrected chi connectivity index (χ1v) is 44.6. The van der Waals surface area contributed by atoms with E-state index in [1.54, 1.807) is 0 Å². The Hall–Kier alpha value is -1.94. The van der Waals surface area contributed by atoms with Gasteiger partial charge in [-0.15, -0.1) is 0 Å². The largest absolute Gasteiger partial charge is 0.472 e. The van der Waals surface area contributed by atoms with E-state index in [0.29, 0.717) is 25.7 Å². The van der Waals surface area contributed by atoms with Crippen molar-refractivity contribution in [2.24, 2.45) is 5.92 Å². The number of unbranched alkanes of at least 4 members (excludes halogenated alkanes) is 52. The third kappa shape index (κ3) is 74.1. The van der Waals surface area contributed by atoms with E-state index in [2.05, 4.69) is 34.6 Å². The van der Waals surface area contributed by atoms with E-state index in [1.807, 2.05) is 0 Å². The summed E-state index contributed by atoms with van der Waals surface area (Å²) in [6.45, 7) is 7.34. The van der Waals surface area contributed by atoms with Gasteiger partial charge in [-0.25, -0.2) is 9.13 Å². The molecule has 0 aliphatic heterocycles. The molecule has 0 saturated carbocycles. The van der Waals surface area contributed by atoms with Crippen LogP contribution in [0.2, 0.25) is 0 Å². The third-order valence-electron chi connectivity index (χ3n) is 18.8. The standard InChI is InChI=1S/C80H156O17P2/c1-6-9-12-15-18-21-23-25-26-27-28-29-32-37-41-46-51-56-61-66-80(85)97-76(70-91-78(83)64-59-54-49-44-39-36-33-30-31-35-38-43-47-52-57-62-73(4)5)72-95-99(88,89)93-68-74(81)67-92-98(86,87)94-71-75(69-90-77(82)63-58-53-48-42-20-17-14-11-8-3)96-79(84)65-60-55-50-45-40-34-24-22-19-16-13-10-7-2/h73-76,81H,6-72H2,1-5H3,(H,86,87)(H,88,89)/t74-,75+,76+/m0/s1. The van der Waals surface area contributed by atoms with Gasteiger partial charge in [0.05, 0.1) is 26.4 Å². The van der Waals surface area contributed by atoms with E-state index in [1.165, 1.54) is 250 Å². The van der Waals surface area contributed by atoms with E-state index >= 15 is 0 Å². The maximum Gasteiger partial charge on any atom is 0.472 e. The van der Waals surface area contributed by atoms with Crippen molar-refractivity contribution in [3.63, 3.8) is 0 Å². The minimum atomic E-state index is -4.96. The van der Waals surface area contributed by atoms with E-state index in [4.69, 9.17) is 37.0 Å². The van der Waals surface area contributed by atoms with Gasteiger partial charge in [0, 0.05) is 25.7 Å². The van der Waals surface area contributed by atoms with Crippen LogP contribution in [-0.4, -0.2) is 96.7 Å². The smallest absolute Gasteiger partial charge is 0.462 e. The van der Waals surface area contributed by atoms with Crippen molar-refractivity contribution in [1.82, 2.24) is 0 Å². The quantitative estimate of drug-likeness (QED) is 0.0222. The van der Waals surface area contributed by atoms with Crippen LogP contribution in [0.25, 0.3) is 0 Å². The normalized spacial score (nSPS) is 13.9. The summed E-state index contributed by atoms with van der Waals surface area (Å²) in [4.78, 5) is 72.9. The number of carbonyl (C=O) groups excluding carboxylic acids is 4. The van der Waals surface area contributed by atoms with Crippen molar-refractivity contribution < 1.29 is 80.2 Å². The Labute approximate surface area is 607 Å². The van der Waals surface area contributed by atoms with Gasteiger partial charge < -0.3 is 33.8 Å². The predicted molar refractivity (Wildman–Crippen MR) is 405 cm³/mol. The van der Waals surface area contributed by atoms with Crippen LogP contribution in [0.1, 0.15) is 426 Å². The lowest BCUT2D eigenvalue weighted by atomic mass is 10.0. The molecule has 0 aromatic heterocycles. The van der Waals surface area contributed by atoms with Gasteiger partial charge in [0.2, 0.25) is 0 Å². The van der Waals surface area contributed by atoms with Gasteiger partial charge in [-0.2, -0.15) is 0 Å². The lowest BCUT2D eigenvalue weighted by Gasteiger charge is -2.21. The molecule has 588 valence electrons. The number of esters is 4. The molecule has 2 unspecified atom stereocenters. The predicted octanol–water partition coefficient (Wildman–Crippen LogP) is 24.0. The number of phosphoric acid groups is 2. The molecule has 0 aromatic rings. The van der Waals surface area contributed by atoms with E-state index < -0.39 is 97.5 Å². The summed E-state index contributed by atoms with van der Waals surface area (Å²) in [6.07, 6.45) is 63.8. The van der Waals surface area contributed by atoms with Crippen LogP contribution in [-0.2, 0) is 65.4 Å². The Kier molecular flexibility index (Phi) is 71.6. The molecule has 0 spiro atoms. The maximum absolute atomic E-state index is 13.1. The summed E-state index contributed by atoms with van der Waals surface area (Å²) in [7, 11) is -9.91. The SMILES string of the molecule is CCCCCCCCCCCCCCCCCCCCCC(=O)O[C@H](COC(=O)CCCCCCCCCCCCCCCCCC(C)C)COP(=O)(O)OC[C@@H](O)COP(=O)(O)OC[C@@H](COC(=O)CCCCCCCCCCC)OC(=O)CCCCCCCCCCCCCCC. The van der Waals surface area contributed by atoms with Crippen molar-refractivity contribution in [3.8, 4) is 0 Å². The van der Waals surface area contributed by atoms with Gasteiger partial charge in [-0.05, 0) is 31.6 Å². The van der Waals surface area contributed by atoms with Crippen molar-refractivity contribution >= 4 is 39.5 Å². The zero-order chi connectivity index (χ0) is 72.7. The van der Waals surface area contributed by atoms with Gasteiger partial charge in [0.1, 0.15) is 19.3 Å². The molecular weight excluding hydrogens is 1290 g/mol. The number of ether oxygens (including phenoxy) is 4. The second-order valence-electron chi connectivity index (χ2n) is 29.3. The van der Waals surface area contributed by atoms with Crippen molar-refractivity contribution in [1.29, 1.82) is 0 Å². The second kappa shape index (κ2) is 73.0. The van der Waals surface area contributed by atoms with E-state index in [9.17, 15) is 43.2 Å². The van der Waals surface area contributed by atoms with Gasteiger partial charge >= 0.3 is 39.5 Å². The number of rotatable bonds is 80. The fraction of sp³-hybridized carbons (Fsp3) is 0.950. The van der Waals surface area contributed by atoms with E-state index in [-0.39, 0.29) is 25.7 Å². The number of hydrogen-bond donors (Lipinski definition) is 3. The number of carbonyl (C=O) groups is 4. The lowest BCUT2D eigenvalue weighted by molar-refractivity contribution is -0.161. The van der Waals surface area contributed by atoms with Crippen molar-refractivity contribution in [3.05, 3.63) is 0 Å². The van der Waals surface area contributed by atoms with Crippen LogP contribution in [0, 0.1) is 5.92 Å². The number of phosphoric ester groups is 2. The Morgan fingerprint density at radius 2 is 0.465 bits per heavy atom. The van der Waals surface area contributed by atoms with Crippen LogP contribution in [0.5, 0.6) is 0 Å². The molecule has 0 aliphatic carbocycles. The van der Waals surface area contributed by atoms with Gasteiger partial charge in [0.15, 0.2) is 12.2 Å². The number of aliphatic hydroxyl groups excluding tert-OH is 1. The summed E-state index contributed by atoms with van der Waals surface area (Å²) in [5.74, 6) is -1.30. The Bertz CT molecular complexity index is 1890. The molecule has 0 heterocycles. The molecule has 0 fully saturated rings. The third-order valence-corrected chi connectivity index (χ3v) is 20.7. The summed E-state index contributed by atoms with van der Waals surface area (Å²) < 4.78 is 68.6. The molecule has 3 N–H and O–H groups in total. The summed E-state index contributed by atoms with van der Waals surface area (Å²) in [6, 6.07) is 0. The average molecular weight is 1450 g/mol. The van der Waals surface area contributed by atoms with Crippen molar-refractivity contribution in [2.75, 3.05) is 39.6 Å². The molecule has 99 heavy (non-hydrogen) atoms. The zero-order valence-corrected chi connectivity index (χ0v) is 66.4. The highest BCUT2D eigenvalue weighted by atomic mass is 31.2. The molecule has 0 saturated heterocycles. The maximum atomic E-state index is 13.1. The van der Waals surface area contributed by atoms with Crippen LogP contribution in [0.4, 0.5) is 0 Å². The molecule has 0 aliphatic rings. The highest BCUT2D eigenvalue weighted by Crippen LogP contribution is 2.45. The molecule has 0 rings (SSSR count). The first kappa shape index (κ1) is 97.1. The van der Waals surface area contributed by atoms with Crippen molar-refractivity contribution in [2.45, 2.75) is 445 Å². The Balaban J connectivity index is 5.21. The molecule has 0 radical (unpaired) electrons.